The van der Waals surface area contributed by atoms with Gasteiger partial charge >= 0.3 is 0 Å². The Hall–Kier alpha value is -2.07. The summed E-state index contributed by atoms with van der Waals surface area (Å²) >= 11 is 2.02. The molecule has 35 heavy (non-hydrogen) atoms. The molecule has 5 rings (SSSR count). The summed E-state index contributed by atoms with van der Waals surface area (Å²) < 4.78 is 0. The SMILES string of the molecule is CC(C)c1ccc2c(c1)CCC1[C@@](C)(CSCCCN3C(=O)c4ccccc4C3=O)CCC[C@]21C. The van der Waals surface area contributed by atoms with Crippen molar-refractivity contribution in [2.75, 3.05) is 18.1 Å². The molecule has 1 heterocycles. The molecule has 3 nitrogen and oxygen atoms in total. The Morgan fingerprint density at radius 3 is 2.43 bits per heavy atom. The largest absolute Gasteiger partial charge is 0.274 e. The molecule has 0 spiro atoms. The summed E-state index contributed by atoms with van der Waals surface area (Å²) in [5.41, 5.74) is 6.39. The van der Waals surface area contributed by atoms with Gasteiger partial charge in [0.05, 0.1) is 11.1 Å². The topological polar surface area (TPSA) is 37.4 Å². The Kier molecular flexibility index (Phi) is 6.63. The van der Waals surface area contributed by atoms with E-state index in [1.807, 2.05) is 23.9 Å². The van der Waals surface area contributed by atoms with Gasteiger partial charge in [-0.3, -0.25) is 14.5 Å². The number of amides is 2. The first kappa shape index (κ1) is 24.6. The highest BCUT2D eigenvalue weighted by atomic mass is 32.2. The van der Waals surface area contributed by atoms with E-state index >= 15 is 0 Å². The predicted molar refractivity (Wildman–Crippen MR) is 145 cm³/mol. The molecule has 1 aliphatic heterocycles. The molecule has 0 N–H and O–H groups in total. The number of fused-ring (bicyclic) bond motifs is 4. The Morgan fingerprint density at radius 2 is 1.74 bits per heavy atom. The highest BCUT2D eigenvalue weighted by molar-refractivity contribution is 7.99. The van der Waals surface area contributed by atoms with Crippen molar-refractivity contribution in [3.63, 3.8) is 0 Å². The summed E-state index contributed by atoms with van der Waals surface area (Å²) in [5, 5.41) is 0. The fourth-order valence-corrected chi connectivity index (χ4v) is 8.54. The van der Waals surface area contributed by atoms with Crippen molar-refractivity contribution in [2.45, 2.75) is 77.6 Å². The van der Waals surface area contributed by atoms with Crippen LogP contribution in [-0.4, -0.2) is 34.8 Å². The third-order valence-corrected chi connectivity index (χ3v) is 10.6. The zero-order valence-corrected chi connectivity index (χ0v) is 22.5. The van der Waals surface area contributed by atoms with Gasteiger partial charge in [0, 0.05) is 6.54 Å². The lowest BCUT2D eigenvalue weighted by atomic mass is 9.50. The molecule has 2 amide bonds. The first-order valence-electron chi connectivity index (χ1n) is 13.4. The van der Waals surface area contributed by atoms with Crippen molar-refractivity contribution < 1.29 is 9.59 Å². The zero-order chi connectivity index (χ0) is 24.8. The third kappa shape index (κ3) is 4.26. The summed E-state index contributed by atoms with van der Waals surface area (Å²) in [6, 6.07) is 14.5. The first-order chi connectivity index (χ1) is 16.7. The molecule has 0 saturated heterocycles. The highest BCUT2D eigenvalue weighted by Crippen LogP contribution is 2.58. The molecular weight excluding hydrogens is 450 g/mol. The Balaban J connectivity index is 1.20. The van der Waals surface area contributed by atoms with E-state index in [1.54, 1.807) is 23.3 Å². The summed E-state index contributed by atoms with van der Waals surface area (Å²) in [6.07, 6.45) is 7.25. The second kappa shape index (κ2) is 9.42. The fourth-order valence-electron chi connectivity index (χ4n) is 7.25. The molecule has 1 unspecified atom stereocenters. The summed E-state index contributed by atoms with van der Waals surface area (Å²) in [5.74, 6) is 3.18. The summed E-state index contributed by atoms with van der Waals surface area (Å²) in [4.78, 5) is 26.7. The normalized spacial score (nSPS) is 27.7. The maximum absolute atomic E-state index is 12.6. The van der Waals surface area contributed by atoms with Gasteiger partial charge in [0.25, 0.3) is 11.8 Å². The Morgan fingerprint density at radius 1 is 1.03 bits per heavy atom. The van der Waals surface area contributed by atoms with Crippen molar-refractivity contribution in [1.82, 2.24) is 4.90 Å². The number of hydrogen-bond acceptors (Lipinski definition) is 3. The molecule has 1 fully saturated rings. The van der Waals surface area contributed by atoms with Gasteiger partial charge in [-0.15, -0.1) is 0 Å². The van der Waals surface area contributed by atoms with E-state index in [2.05, 4.69) is 45.9 Å². The molecule has 2 aromatic carbocycles. The molecule has 1 saturated carbocycles. The zero-order valence-electron chi connectivity index (χ0n) is 21.7. The molecule has 3 aliphatic rings. The standard InChI is InChI=1S/C31H39NO2S/c1-21(2)22-11-13-26-23(19-22)12-14-27-30(3,15-7-16-31(26,27)4)20-35-18-8-17-32-28(33)24-9-5-6-10-25(24)29(32)34/h5-6,9-11,13,19,21,27H,7-8,12,14-18,20H2,1-4H3/t27?,30-,31-/m1/s1. The highest BCUT2D eigenvalue weighted by Gasteiger charge is 2.51. The van der Waals surface area contributed by atoms with Crippen LogP contribution in [0, 0.1) is 11.3 Å². The average Bonchev–Trinajstić information content (AvgIpc) is 3.08. The maximum atomic E-state index is 12.6. The lowest BCUT2D eigenvalue weighted by molar-refractivity contribution is 0.0445. The molecule has 0 bridgehead atoms. The van der Waals surface area contributed by atoms with E-state index in [-0.39, 0.29) is 17.2 Å². The number of thioether (sulfide) groups is 1. The summed E-state index contributed by atoms with van der Waals surface area (Å²) in [6.45, 7) is 10.2. The number of aryl methyl sites for hydroxylation is 1. The van der Waals surface area contributed by atoms with Crippen LogP contribution in [0.15, 0.2) is 42.5 Å². The van der Waals surface area contributed by atoms with Crippen LogP contribution in [0.1, 0.15) is 103 Å². The van der Waals surface area contributed by atoms with Gasteiger partial charge in [-0.25, -0.2) is 0 Å². The van der Waals surface area contributed by atoms with E-state index in [4.69, 9.17) is 0 Å². The number of rotatable bonds is 7. The Bertz CT molecular complexity index is 1110. The van der Waals surface area contributed by atoms with E-state index in [9.17, 15) is 9.59 Å². The second-order valence-corrected chi connectivity index (χ2v) is 12.9. The van der Waals surface area contributed by atoms with Crippen LogP contribution in [0.4, 0.5) is 0 Å². The van der Waals surface area contributed by atoms with Crippen LogP contribution < -0.4 is 0 Å². The fraction of sp³-hybridized carbons (Fsp3) is 0.548. The van der Waals surface area contributed by atoms with Crippen LogP contribution >= 0.6 is 11.8 Å². The van der Waals surface area contributed by atoms with Crippen molar-refractivity contribution >= 4 is 23.6 Å². The van der Waals surface area contributed by atoms with Gasteiger partial charge in [-0.05, 0) is 95.1 Å². The van der Waals surface area contributed by atoms with Crippen molar-refractivity contribution in [3.8, 4) is 0 Å². The van der Waals surface area contributed by atoms with Crippen LogP contribution in [0.3, 0.4) is 0 Å². The minimum absolute atomic E-state index is 0.132. The summed E-state index contributed by atoms with van der Waals surface area (Å²) in [7, 11) is 0. The molecule has 2 aliphatic carbocycles. The van der Waals surface area contributed by atoms with Crippen molar-refractivity contribution in [2.24, 2.45) is 11.3 Å². The lowest BCUT2D eigenvalue weighted by Gasteiger charge is -2.55. The minimum atomic E-state index is -0.132. The number of carbonyl (C=O) groups excluding carboxylic acids is 2. The molecule has 2 aromatic rings. The van der Waals surface area contributed by atoms with E-state index in [0.29, 0.717) is 34.9 Å². The van der Waals surface area contributed by atoms with Crippen LogP contribution in [0.5, 0.6) is 0 Å². The van der Waals surface area contributed by atoms with Gasteiger partial charge in [0.15, 0.2) is 0 Å². The number of carbonyl (C=O) groups is 2. The molecular formula is C31H39NO2S. The quantitative estimate of drug-likeness (QED) is 0.304. The second-order valence-electron chi connectivity index (χ2n) is 11.8. The average molecular weight is 490 g/mol. The Labute approximate surface area is 215 Å². The number of nitrogens with zero attached hydrogens (tertiary/aromatic N) is 1. The number of imide groups is 1. The predicted octanol–water partition coefficient (Wildman–Crippen LogP) is 7.24. The van der Waals surface area contributed by atoms with Gasteiger partial charge in [0.1, 0.15) is 0 Å². The van der Waals surface area contributed by atoms with Gasteiger partial charge in [-0.2, -0.15) is 11.8 Å². The molecule has 4 heteroatoms. The van der Waals surface area contributed by atoms with Crippen LogP contribution in [0.25, 0.3) is 0 Å². The van der Waals surface area contributed by atoms with Gasteiger partial charge < -0.3 is 0 Å². The monoisotopic (exact) mass is 489 g/mol. The lowest BCUT2D eigenvalue weighted by Crippen LogP contribution is -2.50. The molecule has 3 atom stereocenters. The van der Waals surface area contributed by atoms with E-state index < -0.39 is 0 Å². The first-order valence-corrected chi connectivity index (χ1v) is 14.6. The third-order valence-electron chi connectivity index (χ3n) is 9.15. The van der Waals surface area contributed by atoms with Crippen LogP contribution in [0.2, 0.25) is 0 Å². The minimum Gasteiger partial charge on any atom is -0.274 e. The molecule has 186 valence electrons. The smallest absolute Gasteiger partial charge is 0.261 e. The van der Waals surface area contributed by atoms with Gasteiger partial charge in [0.2, 0.25) is 0 Å². The molecule has 0 radical (unpaired) electrons. The van der Waals surface area contributed by atoms with Crippen molar-refractivity contribution in [1.29, 1.82) is 0 Å². The van der Waals surface area contributed by atoms with Gasteiger partial charge in [-0.1, -0.05) is 64.4 Å². The van der Waals surface area contributed by atoms with E-state index in [1.165, 1.54) is 42.6 Å². The number of benzene rings is 2. The van der Waals surface area contributed by atoms with Crippen LogP contribution in [-0.2, 0) is 11.8 Å². The van der Waals surface area contributed by atoms with E-state index in [0.717, 1.165) is 17.9 Å². The van der Waals surface area contributed by atoms with Crippen molar-refractivity contribution in [3.05, 3.63) is 70.3 Å². The maximum Gasteiger partial charge on any atom is 0.261 e. The molecule has 0 aromatic heterocycles. The number of hydrogen-bond donors (Lipinski definition) is 0.